The summed E-state index contributed by atoms with van der Waals surface area (Å²) < 4.78 is 26.8. The monoisotopic (exact) mass is 461 g/mol. The molecule has 184 valence electrons. The maximum atomic E-state index is 13.6. The van der Waals surface area contributed by atoms with Crippen molar-refractivity contribution in [3.8, 4) is 0 Å². The number of hydrogen-bond donors (Lipinski definition) is 1. The summed E-state index contributed by atoms with van der Waals surface area (Å²) in [7, 11) is 1.62. The zero-order valence-corrected chi connectivity index (χ0v) is 21.5. The summed E-state index contributed by atoms with van der Waals surface area (Å²) >= 11 is 0. The average Bonchev–Trinajstić information content (AvgIpc) is 3.56. The first-order valence-corrected chi connectivity index (χ1v) is 11.3. The summed E-state index contributed by atoms with van der Waals surface area (Å²) in [5.41, 5.74) is 1.32. The van der Waals surface area contributed by atoms with Crippen molar-refractivity contribution in [2.45, 2.75) is 67.0 Å². The number of rotatable bonds is 7. The molecule has 0 saturated heterocycles. The molecule has 0 fully saturated rings. The van der Waals surface area contributed by atoms with Gasteiger partial charge in [0.2, 0.25) is 0 Å². The van der Waals surface area contributed by atoms with Crippen molar-refractivity contribution in [3.05, 3.63) is 71.9 Å². The lowest BCUT2D eigenvalue weighted by Gasteiger charge is -2.19. The van der Waals surface area contributed by atoms with E-state index in [4.69, 9.17) is 0 Å². The lowest BCUT2D eigenvalue weighted by Crippen LogP contribution is -2.40. The van der Waals surface area contributed by atoms with Crippen molar-refractivity contribution in [1.29, 1.82) is 0 Å². The van der Waals surface area contributed by atoms with Gasteiger partial charge in [-0.05, 0) is 62.6 Å². The van der Waals surface area contributed by atoms with Crippen LogP contribution in [0.25, 0.3) is 0 Å². The maximum absolute atomic E-state index is 13.6. The van der Waals surface area contributed by atoms with Crippen LogP contribution in [0.2, 0.25) is 0 Å². The fraction of sp³-hybridized carbons (Fsp3) is 0.444. The minimum atomic E-state index is -0.927. The highest BCUT2D eigenvalue weighted by Gasteiger charge is 2.37. The van der Waals surface area contributed by atoms with Crippen molar-refractivity contribution in [3.63, 3.8) is 0 Å². The Kier molecular flexibility index (Phi) is 13.0. The van der Waals surface area contributed by atoms with Crippen LogP contribution in [0, 0.1) is 17.6 Å². The standard InChI is InChI=1S/C21H23F2N3O.C4H10.C2H6.H2/c1-6-16(13(3)24-5)20(27)25-14(4)19(7-2)26-21(10-11-21)15-8-9-17(22)18(23)12-15;1-4(2)3;1-2;/h6-12,14H,2H2,1,3-5H3,(H,25,27);4H,1-3H3;1-2H3;1H/b16-6+,24-13?,26-19?;;;/t14-;;;/m0.../s1. The van der Waals surface area contributed by atoms with Crippen LogP contribution in [0.15, 0.2) is 64.6 Å². The number of amides is 1. The molecule has 1 atom stereocenters. The van der Waals surface area contributed by atoms with Crippen molar-refractivity contribution >= 4 is 17.3 Å². The molecule has 4 nitrogen and oxygen atoms in total. The van der Waals surface area contributed by atoms with Crippen molar-refractivity contribution in [2.75, 3.05) is 7.05 Å². The zero-order valence-electron chi connectivity index (χ0n) is 21.5. The predicted octanol–water partition coefficient (Wildman–Crippen LogP) is 6.83. The molecule has 1 N–H and O–H groups in total. The highest BCUT2D eigenvalue weighted by molar-refractivity contribution is 6.21. The average molecular weight is 462 g/mol. The second-order valence-electron chi connectivity index (χ2n) is 7.97. The second kappa shape index (κ2) is 14.3. The third-order valence-corrected chi connectivity index (χ3v) is 4.44. The lowest BCUT2D eigenvalue weighted by atomic mass is 10.0. The van der Waals surface area contributed by atoms with Crippen LogP contribution in [0.5, 0.6) is 0 Å². The van der Waals surface area contributed by atoms with E-state index in [1.54, 1.807) is 52.1 Å². The van der Waals surface area contributed by atoms with Crippen LogP contribution >= 0.6 is 0 Å². The summed E-state index contributed by atoms with van der Waals surface area (Å²) in [6.45, 7) is 19.6. The van der Waals surface area contributed by atoms with E-state index in [1.165, 1.54) is 6.07 Å². The van der Waals surface area contributed by atoms with Gasteiger partial charge in [-0.1, -0.05) is 53.3 Å². The SMILES string of the molecule is C=CC(=NC1(c2ccc(F)c(F)c2)C=C1)[C@H](C)NC(=O)/C(=C/C)C(C)=NC.CC.CC(C)C.[HH]. The number of nitrogens with zero attached hydrogens (tertiary/aromatic N) is 2. The highest BCUT2D eigenvalue weighted by atomic mass is 19.2. The van der Waals surface area contributed by atoms with Gasteiger partial charge >= 0.3 is 0 Å². The fourth-order valence-corrected chi connectivity index (χ4v) is 2.66. The Hall–Kier alpha value is -2.89. The van der Waals surface area contributed by atoms with E-state index < -0.39 is 23.2 Å². The van der Waals surface area contributed by atoms with Gasteiger partial charge in [0.05, 0.1) is 17.3 Å². The van der Waals surface area contributed by atoms with Crippen molar-refractivity contribution < 1.29 is 15.0 Å². The van der Waals surface area contributed by atoms with Crippen LogP contribution < -0.4 is 5.32 Å². The van der Waals surface area contributed by atoms with Gasteiger partial charge in [-0.3, -0.25) is 14.8 Å². The molecule has 0 bridgehead atoms. The number of aliphatic imine (C=N–C) groups is 2. The molecule has 1 amide bonds. The summed E-state index contributed by atoms with van der Waals surface area (Å²) in [6.07, 6.45) is 6.80. The van der Waals surface area contributed by atoms with Gasteiger partial charge in [0.15, 0.2) is 11.6 Å². The van der Waals surface area contributed by atoms with Gasteiger partial charge in [0, 0.05) is 14.2 Å². The van der Waals surface area contributed by atoms with E-state index in [2.05, 4.69) is 42.7 Å². The number of halogens is 2. The molecule has 1 aliphatic rings. The van der Waals surface area contributed by atoms with Crippen molar-refractivity contribution in [1.82, 2.24) is 5.32 Å². The smallest absolute Gasteiger partial charge is 0.253 e. The molecule has 33 heavy (non-hydrogen) atoms. The third-order valence-electron chi connectivity index (χ3n) is 4.44. The number of carbonyl (C=O) groups is 1. The Bertz CT molecular complexity index is 925. The Morgan fingerprint density at radius 2 is 1.70 bits per heavy atom. The van der Waals surface area contributed by atoms with Gasteiger partial charge in [-0.2, -0.15) is 0 Å². The molecule has 0 aromatic heterocycles. The summed E-state index contributed by atoms with van der Waals surface area (Å²) in [5, 5.41) is 2.87. The van der Waals surface area contributed by atoms with E-state index in [0.717, 1.165) is 18.1 Å². The largest absolute Gasteiger partial charge is 0.344 e. The number of allylic oxidation sites excluding steroid dienone is 1. The molecule has 1 aromatic carbocycles. The number of nitrogens with one attached hydrogen (secondary N) is 1. The molecular weight excluding hydrogens is 420 g/mol. The molecule has 2 rings (SSSR count). The van der Waals surface area contributed by atoms with Gasteiger partial charge in [0.25, 0.3) is 5.91 Å². The number of carbonyl (C=O) groups excluding carboxylic acids is 1. The van der Waals surface area contributed by atoms with Gasteiger partial charge in [0.1, 0.15) is 5.54 Å². The van der Waals surface area contributed by atoms with Crippen LogP contribution in [-0.4, -0.2) is 30.4 Å². The molecule has 0 spiro atoms. The molecule has 0 radical (unpaired) electrons. The summed E-state index contributed by atoms with van der Waals surface area (Å²) in [4.78, 5) is 21.1. The lowest BCUT2D eigenvalue weighted by molar-refractivity contribution is -0.117. The third kappa shape index (κ3) is 9.24. The summed E-state index contributed by atoms with van der Waals surface area (Å²) in [6, 6.07) is 3.26. The maximum Gasteiger partial charge on any atom is 0.253 e. The molecule has 0 saturated carbocycles. The normalized spacial score (nSPS) is 15.6. The molecule has 0 aliphatic heterocycles. The molecule has 0 unspecified atom stereocenters. The molecule has 1 aromatic rings. The van der Waals surface area contributed by atoms with Gasteiger partial charge in [-0.25, -0.2) is 8.78 Å². The Morgan fingerprint density at radius 3 is 2.09 bits per heavy atom. The first-order chi connectivity index (χ1) is 15.5. The highest BCUT2D eigenvalue weighted by Crippen LogP contribution is 2.41. The first-order valence-electron chi connectivity index (χ1n) is 11.3. The molecule has 6 heteroatoms. The zero-order chi connectivity index (χ0) is 25.8. The van der Waals surface area contributed by atoms with Crippen LogP contribution in [0.1, 0.15) is 62.4 Å². The van der Waals surface area contributed by atoms with Crippen LogP contribution in [0.3, 0.4) is 0 Å². The Morgan fingerprint density at radius 1 is 1.15 bits per heavy atom. The minimum absolute atomic E-state index is 0. The Balaban J connectivity index is 0. The molecule has 0 heterocycles. The van der Waals surface area contributed by atoms with E-state index in [1.807, 2.05) is 13.8 Å². The number of benzene rings is 1. The van der Waals surface area contributed by atoms with Gasteiger partial charge < -0.3 is 5.32 Å². The second-order valence-corrected chi connectivity index (χ2v) is 7.97. The quantitative estimate of drug-likeness (QED) is 0.270. The number of hydrogen-bond acceptors (Lipinski definition) is 3. The molecular formula is C27H41F2N3O. The summed E-state index contributed by atoms with van der Waals surface area (Å²) in [5.74, 6) is -1.27. The predicted molar refractivity (Wildman–Crippen MR) is 139 cm³/mol. The van der Waals surface area contributed by atoms with Gasteiger partial charge in [-0.15, -0.1) is 0 Å². The van der Waals surface area contributed by atoms with Crippen LogP contribution in [-0.2, 0) is 10.3 Å². The first kappa shape index (κ1) is 30.1. The molecule has 1 aliphatic carbocycles. The minimum Gasteiger partial charge on any atom is -0.344 e. The van der Waals surface area contributed by atoms with E-state index in [0.29, 0.717) is 22.6 Å². The van der Waals surface area contributed by atoms with E-state index >= 15 is 0 Å². The fourth-order valence-electron chi connectivity index (χ4n) is 2.66. The topological polar surface area (TPSA) is 53.8 Å². The van der Waals surface area contributed by atoms with Crippen molar-refractivity contribution in [2.24, 2.45) is 15.9 Å². The Labute approximate surface area is 199 Å². The van der Waals surface area contributed by atoms with E-state index in [9.17, 15) is 13.6 Å². The van der Waals surface area contributed by atoms with Crippen LogP contribution in [0.4, 0.5) is 8.78 Å². The van der Waals surface area contributed by atoms with E-state index in [-0.39, 0.29) is 7.33 Å².